The summed E-state index contributed by atoms with van der Waals surface area (Å²) in [6.07, 6.45) is 1.52. The lowest BCUT2D eigenvalue weighted by Crippen LogP contribution is -2.23. The highest BCUT2D eigenvalue weighted by atomic mass is 79.9. The molecule has 6 nitrogen and oxygen atoms in total. The van der Waals surface area contributed by atoms with Crippen molar-refractivity contribution >= 4 is 44.6 Å². The lowest BCUT2D eigenvalue weighted by atomic mass is 10.2. The van der Waals surface area contributed by atoms with Crippen LogP contribution in [0.25, 0.3) is 10.9 Å². The van der Waals surface area contributed by atoms with E-state index < -0.39 is 0 Å². The highest BCUT2D eigenvalue weighted by Gasteiger charge is 2.15. The Balaban J connectivity index is 2.22. The maximum absolute atomic E-state index is 13.1. The van der Waals surface area contributed by atoms with Gasteiger partial charge in [0.2, 0.25) is 0 Å². The summed E-state index contributed by atoms with van der Waals surface area (Å²) in [5.41, 5.74) is 0.965. The van der Waals surface area contributed by atoms with Crippen molar-refractivity contribution in [2.45, 2.75) is 19.8 Å². The van der Waals surface area contributed by atoms with Crippen molar-refractivity contribution in [3.8, 4) is 11.5 Å². The van der Waals surface area contributed by atoms with E-state index in [-0.39, 0.29) is 11.5 Å². The fourth-order valence-corrected chi connectivity index (χ4v) is 3.40. The van der Waals surface area contributed by atoms with E-state index in [1.807, 2.05) is 26.0 Å². The highest BCUT2D eigenvalue weighted by Crippen LogP contribution is 2.33. The summed E-state index contributed by atoms with van der Waals surface area (Å²) in [5, 5.41) is 5.36. The summed E-state index contributed by atoms with van der Waals surface area (Å²) in [6.45, 7) is 3.92. The van der Waals surface area contributed by atoms with Gasteiger partial charge in [0.1, 0.15) is 5.82 Å². The normalized spacial score (nSPS) is 11.5. The Bertz CT molecular complexity index is 1130. The lowest BCUT2D eigenvalue weighted by molar-refractivity contribution is 0.354. The van der Waals surface area contributed by atoms with Crippen molar-refractivity contribution in [3.05, 3.63) is 61.6 Å². The third-order valence-corrected chi connectivity index (χ3v) is 4.85. The Morgan fingerprint density at radius 3 is 2.61 bits per heavy atom. The predicted molar refractivity (Wildman–Crippen MR) is 115 cm³/mol. The van der Waals surface area contributed by atoms with Gasteiger partial charge in [-0.1, -0.05) is 41.4 Å². The molecule has 146 valence electrons. The molecule has 0 amide bonds. The molecule has 3 aromatic rings. The molecule has 1 aromatic heterocycles. The quantitative estimate of drug-likeness (QED) is 0.507. The second kappa shape index (κ2) is 8.32. The zero-order valence-corrected chi connectivity index (χ0v) is 18.2. The van der Waals surface area contributed by atoms with Crippen LogP contribution in [0, 0.1) is 0 Å². The first-order chi connectivity index (χ1) is 13.3. The second-order valence-corrected chi connectivity index (χ2v) is 7.73. The Hall–Kier alpha value is -2.38. The number of hydrogen-bond donors (Lipinski definition) is 0. The molecule has 2 aromatic carbocycles. The Morgan fingerprint density at radius 2 is 1.96 bits per heavy atom. The molecule has 0 saturated carbocycles. The van der Waals surface area contributed by atoms with Crippen LogP contribution >= 0.6 is 27.5 Å². The van der Waals surface area contributed by atoms with Crippen molar-refractivity contribution in [2.24, 2.45) is 5.10 Å². The summed E-state index contributed by atoms with van der Waals surface area (Å²) in [7, 11) is 3.06. The van der Waals surface area contributed by atoms with E-state index in [2.05, 4.69) is 26.0 Å². The smallest absolute Gasteiger partial charge is 0.282 e. The Kier molecular flexibility index (Phi) is 6.05. The molecule has 0 bridgehead atoms. The molecule has 0 N–H and O–H groups in total. The number of rotatable bonds is 5. The maximum Gasteiger partial charge on any atom is 0.282 e. The van der Waals surface area contributed by atoms with E-state index in [9.17, 15) is 4.79 Å². The van der Waals surface area contributed by atoms with E-state index in [0.717, 1.165) is 4.47 Å². The van der Waals surface area contributed by atoms with Gasteiger partial charge in [-0.15, -0.1) is 0 Å². The first-order valence-corrected chi connectivity index (χ1v) is 9.71. The average Bonchev–Trinajstić information content (AvgIpc) is 2.66. The van der Waals surface area contributed by atoms with Gasteiger partial charge in [-0.05, 0) is 24.3 Å². The fraction of sp³-hybridized carbons (Fsp3) is 0.250. The van der Waals surface area contributed by atoms with Crippen molar-refractivity contribution < 1.29 is 9.47 Å². The number of benzene rings is 2. The minimum Gasteiger partial charge on any atom is -0.493 e. The van der Waals surface area contributed by atoms with Crippen LogP contribution in [0.3, 0.4) is 0 Å². The van der Waals surface area contributed by atoms with Gasteiger partial charge in [-0.3, -0.25) is 4.79 Å². The number of aromatic nitrogens is 2. The van der Waals surface area contributed by atoms with Crippen molar-refractivity contribution in [3.63, 3.8) is 0 Å². The first-order valence-electron chi connectivity index (χ1n) is 8.53. The van der Waals surface area contributed by atoms with Crippen LogP contribution in [0.2, 0.25) is 5.02 Å². The van der Waals surface area contributed by atoms with Gasteiger partial charge in [-0.2, -0.15) is 9.78 Å². The average molecular weight is 465 g/mol. The topological polar surface area (TPSA) is 65.7 Å². The number of halogens is 2. The molecule has 0 unspecified atom stereocenters. The van der Waals surface area contributed by atoms with Gasteiger partial charge in [0, 0.05) is 27.0 Å². The Morgan fingerprint density at radius 1 is 1.21 bits per heavy atom. The standard InChI is InChI=1S/C20H19BrClN3O3/c1-11(2)19-24-16-6-5-13(21)8-15(16)20(26)25(19)23-10-12-7-14(22)9-17(27-3)18(12)28-4/h5-11H,1-4H3. The third kappa shape index (κ3) is 3.91. The number of methoxy groups -OCH3 is 2. The van der Waals surface area contributed by atoms with E-state index in [0.29, 0.717) is 38.8 Å². The zero-order valence-electron chi connectivity index (χ0n) is 15.9. The molecule has 0 aliphatic heterocycles. The van der Waals surface area contributed by atoms with Gasteiger partial charge in [-0.25, -0.2) is 4.98 Å². The molecule has 3 rings (SSSR count). The van der Waals surface area contributed by atoms with E-state index in [1.54, 1.807) is 18.2 Å². The van der Waals surface area contributed by atoms with Crippen molar-refractivity contribution in [1.82, 2.24) is 9.66 Å². The van der Waals surface area contributed by atoms with Crippen LogP contribution in [0.1, 0.15) is 31.2 Å². The minimum atomic E-state index is -0.251. The second-order valence-electron chi connectivity index (χ2n) is 6.38. The fourth-order valence-electron chi connectivity index (χ4n) is 2.83. The first kappa shape index (κ1) is 20.4. The summed E-state index contributed by atoms with van der Waals surface area (Å²) < 4.78 is 12.8. The molecular formula is C20H19BrClN3O3. The van der Waals surface area contributed by atoms with Gasteiger partial charge in [0.15, 0.2) is 11.5 Å². The van der Waals surface area contributed by atoms with Gasteiger partial charge in [0.05, 0.1) is 31.3 Å². The molecule has 0 aliphatic carbocycles. The summed E-state index contributed by atoms with van der Waals surface area (Å²) in [6, 6.07) is 8.75. The molecule has 0 fully saturated rings. The third-order valence-electron chi connectivity index (χ3n) is 4.13. The van der Waals surface area contributed by atoms with Crippen LogP contribution < -0.4 is 15.0 Å². The molecule has 28 heavy (non-hydrogen) atoms. The zero-order chi connectivity index (χ0) is 20.4. The monoisotopic (exact) mass is 463 g/mol. The predicted octanol–water partition coefficient (Wildman–Crippen LogP) is 4.84. The number of nitrogens with zero attached hydrogens (tertiary/aromatic N) is 3. The van der Waals surface area contributed by atoms with Crippen LogP contribution in [-0.4, -0.2) is 30.1 Å². The molecule has 1 heterocycles. The van der Waals surface area contributed by atoms with Crippen molar-refractivity contribution in [1.29, 1.82) is 0 Å². The van der Waals surface area contributed by atoms with E-state index >= 15 is 0 Å². The number of ether oxygens (including phenoxy) is 2. The van der Waals surface area contributed by atoms with Crippen LogP contribution in [0.15, 0.2) is 44.7 Å². The molecule has 8 heteroatoms. The van der Waals surface area contributed by atoms with Gasteiger partial charge in [0.25, 0.3) is 5.56 Å². The van der Waals surface area contributed by atoms with Crippen LogP contribution in [0.4, 0.5) is 0 Å². The number of hydrogen-bond acceptors (Lipinski definition) is 5. The largest absolute Gasteiger partial charge is 0.493 e. The molecule has 0 spiro atoms. The summed E-state index contributed by atoms with van der Waals surface area (Å²) in [5.74, 6) is 1.51. The van der Waals surface area contributed by atoms with E-state index in [1.165, 1.54) is 25.1 Å². The van der Waals surface area contributed by atoms with Crippen LogP contribution in [0.5, 0.6) is 11.5 Å². The van der Waals surface area contributed by atoms with Gasteiger partial charge >= 0.3 is 0 Å². The van der Waals surface area contributed by atoms with E-state index in [4.69, 9.17) is 21.1 Å². The van der Waals surface area contributed by atoms with Gasteiger partial charge < -0.3 is 9.47 Å². The lowest BCUT2D eigenvalue weighted by Gasteiger charge is -2.13. The molecule has 0 radical (unpaired) electrons. The highest BCUT2D eigenvalue weighted by molar-refractivity contribution is 9.10. The van der Waals surface area contributed by atoms with Crippen LogP contribution in [-0.2, 0) is 0 Å². The maximum atomic E-state index is 13.1. The molecule has 0 aliphatic rings. The summed E-state index contributed by atoms with van der Waals surface area (Å²) in [4.78, 5) is 17.7. The molecule has 0 atom stereocenters. The summed E-state index contributed by atoms with van der Waals surface area (Å²) >= 11 is 9.56. The molecular weight excluding hydrogens is 446 g/mol. The number of fused-ring (bicyclic) bond motifs is 1. The SMILES string of the molecule is COc1cc(Cl)cc(C=Nn2c(C(C)C)nc3ccc(Br)cc3c2=O)c1OC. The van der Waals surface area contributed by atoms with Crippen molar-refractivity contribution in [2.75, 3.05) is 14.2 Å². The minimum absolute atomic E-state index is 0.00584. The molecule has 0 saturated heterocycles. The Labute approximate surface area is 175 Å².